The molecule has 0 saturated heterocycles. The Kier molecular flexibility index (Phi) is 5.35. The summed E-state index contributed by atoms with van der Waals surface area (Å²) in [5, 5.41) is 4.17. The van der Waals surface area contributed by atoms with Crippen LogP contribution in [0.5, 0.6) is 0 Å². The Hall–Kier alpha value is -6.85. The standard InChI is InChI=1S/C45H28N4O/c1-4-14-29(15-5-1)33-21-12-24-38-41(33)36-20-10-11-23-37(36)49(38)39-25-13-22-35-34-27-26-32(28-40(34)50-42(35)39)45-47-43(30-16-6-2-7-17-30)46-44(48-45)31-18-8-3-9-19-31/h1-28H/i2D,6D,7D,16D,17D. The Morgan fingerprint density at radius 3 is 1.92 bits per heavy atom. The van der Waals surface area contributed by atoms with Crippen LogP contribution in [0, 0.1) is 0 Å². The molecule has 3 heterocycles. The second-order valence-electron chi connectivity index (χ2n) is 12.1. The zero-order valence-electron chi connectivity index (χ0n) is 31.5. The Morgan fingerprint density at radius 1 is 0.480 bits per heavy atom. The Balaban J connectivity index is 1.18. The van der Waals surface area contributed by atoms with Crippen LogP contribution in [-0.2, 0) is 0 Å². The molecule has 0 N–H and O–H groups in total. The van der Waals surface area contributed by atoms with E-state index in [4.69, 9.17) is 21.2 Å². The minimum atomic E-state index is -0.483. The summed E-state index contributed by atoms with van der Waals surface area (Å²) in [4.78, 5) is 14.2. The van der Waals surface area contributed by atoms with E-state index in [0.29, 0.717) is 22.5 Å². The molecule has 0 saturated carbocycles. The second-order valence-corrected chi connectivity index (χ2v) is 12.1. The van der Waals surface area contributed by atoms with Crippen molar-refractivity contribution in [1.29, 1.82) is 0 Å². The first-order valence-corrected chi connectivity index (χ1v) is 16.3. The first-order chi connectivity index (χ1) is 26.9. The van der Waals surface area contributed by atoms with Crippen molar-refractivity contribution in [2.24, 2.45) is 0 Å². The predicted molar refractivity (Wildman–Crippen MR) is 203 cm³/mol. The molecule has 0 aliphatic rings. The van der Waals surface area contributed by atoms with Crippen molar-refractivity contribution in [3.63, 3.8) is 0 Å². The third-order valence-electron chi connectivity index (χ3n) is 9.15. The summed E-state index contributed by atoms with van der Waals surface area (Å²) >= 11 is 0. The molecule has 0 aliphatic carbocycles. The molecule has 234 valence electrons. The van der Waals surface area contributed by atoms with Gasteiger partial charge in [0.25, 0.3) is 0 Å². The molecule has 7 aromatic carbocycles. The van der Waals surface area contributed by atoms with Crippen LogP contribution < -0.4 is 0 Å². The SMILES string of the molecule is [2H]c1c([2H])c([2H])c(-c2nc(-c3ccccc3)nc(-c3ccc4c(c3)oc3c(-n5c6ccccc6c6c(-c7ccccc7)cccc65)cccc34)n2)c([2H])c1[2H]. The number of aromatic nitrogens is 4. The molecule has 5 heteroatoms. The van der Waals surface area contributed by atoms with Gasteiger partial charge >= 0.3 is 0 Å². The molecule has 0 fully saturated rings. The summed E-state index contributed by atoms with van der Waals surface area (Å²) < 4.78 is 51.0. The van der Waals surface area contributed by atoms with E-state index in [1.807, 2.05) is 60.7 Å². The number of fused-ring (bicyclic) bond motifs is 6. The molecule has 0 atom stereocenters. The van der Waals surface area contributed by atoms with Gasteiger partial charge in [0.1, 0.15) is 5.58 Å². The number of rotatable bonds is 5. The molecule has 0 spiro atoms. The van der Waals surface area contributed by atoms with Gasteiger partial charge in [-0.1, -0.05) is 139 Å². The summed E-state index contributed by atoms with van der Waals surface area (Å²) in [6.45, 7) is 0. The van der Waals surface area contributed by atoms with E-state index in [1.54, 1.807) is 0 Å². The summed E-state index contributed by atoms with van der Waals surface area (Å²) in [7, 11) is 0. The van der Waals surface area contributed by atoms with Crippen LogP contribution in [0.15, 0.2) is 174 Å². The fourth-order valence-corrected chi connectivity index (χ4v) is 6.93. The number of para-hydroxylation sites is 2. The lowest BCUT2D eigenvalue weighted by Crippen LogP contribution is -2.00. The lowest BCUT2D eigenvalue weighted by Gasteiger charge is -2.09. The van der Waals surface area contributed by atoms with Crippen molar-refractivity contribution in [1.82, 2.24) is 19.5 Å². The molecular weight excluding hydrogens is 613 g/mol. The highest BCUT2D eigenvalue weighted by molar-refractivity contribution is 6.17. The molecule has 0 unspecified atom stereocenters. The van der Waals surface area contributed by atoms with E-state index in [1.165, 1.54) is 5.39 Å². The van der Waals surface area contributed by atoms with Crippen molar-refractivity contribution < 1.29 is 11.3 Å². The van der Waals surface area contributed by atoms with Crippen LogP contribution >= 0.6 is 0 Å². The van der Waals surface area contributed by atoms with E-state index in [-0.39, 0.29) is 29.3 Å². The van der Waals surface area contributed by atoms with Gasteiger partial charge in [-0.2, -0.15) is 0 Å². The zero-order valence-corrected chi connectivity index (χ0v) is 26.5. The van der Waals surface area contributed by atoms with Gasteiger partial charge in [-0.3, -0.25) is 0 Å². The van der Waals surface area contributed by atoms with Crippen LogP contribution in [0.4, 0.5) is 0 Å². The maximum Gasteiger partial charge on any atom is 0.164 e. The maximum atomic E-state index is 8.64. The fourth-order valence-electron chi connectivity index (χ4n) is 6.93. The second kappa shape index (κ2) is 11.4. The summed E-state index contributed by atoms with van der Waals surface area (Å²) in [5.41, 5.74) is 7.90. The molecule has 0 aliphatic heterocycles. The van der Waals surface area contributed by atoms with Gasteiger partial charge < -0.3 is 8.98 Å². The monoisotopic (exact) mass is 645 g/mol. The number of hydrogen-bond donors (Lipinski definition) is 0. The van der Waals surface area contributed by atoms with Crippen molar-refractivity contribution >= 4 is 43.7 Å². The largest absolute Gasteiger partial charge is 0.454 e. The molecule has 0 radical (unpaired) electrons. The lowest BCUT2D eigenvalue weighted by molar-refractivity contribution is 0.666. The van der Waals surface area contributed by atoms with Crippen molar-refractivity contribution in [2.45, 2.75) is 0 Å². The van der Waals surface area contributed by atoms with Crippen molar-refractivity contribution in [3.8, 4) is 51.0 Å². The molecule has 0 bridgehead atoms. The third-order valence-corrected chi connectivity index (χ3v) is 9.15. The summed E-state index contributed by atoms with van der Waals surface area (Å²) in [5.74, 6) is 0.559. The van der Waals surface area contributed by atoms with Gasteiger partial charge in [-0.05, 0) is 41.5 Å². The lowest BCUT2D eigenvalue weighted by atomic mass is 9.99. The number of nitrogens with zero attached hydrogens (tertiary/aromatic N) is 4. The van der Waals surface area contributed by atoms with Crippen LogP contribution in [0.25, 0.3) is 94.7 Å². The van der Waals surface area contributed by atoms with Crippen molar-refractivity contribution in [3.05, 3.63) is 170 Å². The van der Waals surface area contributed by atoms with Crippen molar-refractivity contribution in [2.75, 3.05) is 0 Å². The predicted octanol–water partition coefficient (Wildman–Crippen LogP) is 11.5. The first kappa shape index (κ1) is 23.5. The Bertz CT molecular complexity index is 3130. The molecular formula is C45H28N4O. The van der Waals surface area contributed by atoms with Gasteiger partial charge in [0.2, 0.25) is 0 Å². The highest BCUT2D eigenvalue weighted by atomic mass is 16.3. The summed E-state index contributed by atoms with van der Waals surface area (Å²) in [6, 6.07) is 44.4. The quantitative estimate of drug-likeness (QED) is 0.187. The molecule has 10 rings (SSSR count). The van der Waals surface area contributed by atoms with Crippen LogP contribution in [0.1, 0.15) is 6.85 Å². The number of furan rings is 1. The topological polar surface area (TPSA) is 56.7 Å². The van der Waals surface area contributed by atoms with Gasteiger partial charge in [0.05, 0.1) is 23.6 Å². The highest BCUT2D eigenvalue weighted by Gasteiger charge is 2.20. The molecule has 50 heavy (non-hydrogen) atoms. The number of benzene rings is 7. The van der Waals surface area contributed by atoms with Crippen LogP contribution in [0.3, 0.4) is 0 Å². The molecule has 5 nitrogen and oxygen atoms in total. The van der Waals surface area contributed by atoms with E-state index in [0.717, 1.165) is 49.6 Å². The van der Waals surface area contributed by atoms with E-state index in [9.17, 15) is 0 Å². The third kappa shape index (κ3) is 4.52. The van der Waals surface area contributed by atoms with Crippen LogP contribution in [0.2, 0.25) is 0 Å². The average molecular weight is 646 g/mol. The number of hydrogen-bond acceptors (Lipinski definition) is 4. The maximum absolute atomic E-state index is 8.64. The molecule has 10 aromatic rings. The smallest absolute Gasteiger partial charge is 0.164 e. The van der Waals surface area contributed by atoms with Gasteiger partial charge in [0, 0.05) is 38.2 Å². The van der Waals surface area contributed by atoms with Gasteiger partial charge in [-0.25, -0.2) is 15.0 Å². The van der Waals surface area contributed by atoms with E-state index >= 15 is 0 Å². The fraction of sp³-hybridized carbons (Fsp3) is 0. The van der Waals surface area contributed by atoms with Gasteiger partial charge in [-0.15, -0.1) is 0 Å². The normalized spacial score (nSPS) is 13.0. The highest BCUT2D eigenvalue weighted by Crippen LogP contribution is 2.41. The average Bonchev–Trinajstić information content (AvgIpc) is 3.78. The van der Waals surface area contributed by atoms with Crippen LogP contribution in [-0.4, -0.2) is 19.5 Å². The van der Waals surface area contributed by atoms with E-state index < -0.39 is 18.1 Å². The Labute approximate surface area is 294 Å². The Morgan fingerprint density at radius 2 is 1.12 bits per heavy atom. The minimum absolute atomic E-state index is 0.0194. The van der Waals surface area contributed by atoms with E-state index in [2.05, 4.69) is 88.4 Å². The zero-order chi connectivity index (χ0) is 37.4. The summed E-state index contributed by atoms with van der Waals surface area (Å²) in [6.07, 6.45) is 0. The molecule has 0 amide bonds. The van der Waals surface area contributed by atoms with Gasteiger partial charge in [0.15, 0.2) is 23.1 Å². The minimum Gasteiger partial charge on any atom is -0.454 e. The first-order valence-electron chi connectivity index (χ1n) is 18.8. The molecule has 3 aromatic heterocycles.